The summed E-state index contributed by atoms with van der Waals surface area (Å²) in [7, 11) is 0. The van der Waals surface area contributed by atoms with Gasteiger partial charge < -0.3 is 10.6 Å². The fourth-order valence-corrected chi connectivity index (χ4v) is 1.62. The molecule has 2 N–H and O–H groups in total. The van der Waals surface area contributed by atoms with Crippen molar-refractivity contribution in [3.8, 4) is 12.3 Å². The summed E-state index contributed by atoms with van der Waals surface area (Å²) in [6.45, 7) is 6.22. The largest absolute Gasteiger partial charge is 0.352 e. The van der Waals surface area contributed by atoms with E-state index in [-0.39, 0.29) is 11.9 Å². The Bertz CT molecular complexity index is 241. The molecule has 0 aromatic carbocycles. The van der Waals surface area contributed by atoms with Crippen LogP contribution in [0.3, 0.4) is 0 Å². The zero-order valence-corrected chi connectivity index (χ0v) is 9.25. The van der Waals surface area contributed by atoms with E-state index in [1.807, 2.05) is 6.92 Å². The van der Waals surface area contributed by atoms with Gasteiger partial charge in [0.25, 0.3) is 0 Å². The second-order valence-electron chi connectivity index (χ2n) is 3.90. The molecule has 0 aromatic rings. The topological polar surface area (TPSA) is 44.4 Å². The molecule has 1 saturated heterocycles. The number of nitrogens with one attached hydrogen (secondary N) is 2. The van der Waals surface area contributed by atoms with Gasteiger partial charge in [0, 0.05) is 38.6 Å². The third-order valence-corrected chi connectivity index (χ3v) is 2.41. The van der Waals surface area contributed by atoms with E-state index in [4.69, 9.17) is 6.42 Å². The Balaban J connectivity index is 2.20. The highest BCUT2D eigenvalue weighted by Gasteiger charge is 2.14. The minimum Gasteiger partial charge on any atom is -0.352 e. The van der Waals surface area contributed by atoms with E-state index in [0.29, 0.717) is 13.0 Å². The molecule has 0 aliphatic carbocycles. The average molecular weight is 209 g/mol. The molecule has 0 saturated carbocycles. The Morgan fingerprint density at radius 1 is 1.60 bits per heavy atom. The number of terminal acetylenes is 1. The molecule has 1 fully saturated rings. The van der Waals surface area contributed by atoms with Gasteiger partial charge in [-0.25, -0.2) is 0 Å². The van der Waals surface area contributed by atoms with Gasteiger partial charge in [0.1, 0.15) is 0 Å². The van der Waals surface area contributed by atoms with Gasteiger partial charge >= 0.3 is 0 Å². The smallest absolute Gasteiger partial charge is 0.234 e. The van der Waals surface area contributed by atoms with Crippen LogP contribution in [0.25, 0.3) is 0 Å². The standard InChI is InChI=1S/C11H19N3O/c1-3-4-10(2)13-11(15)9-14-7-5-12-6-8-14/h1,10,12H,4-9H2,2H3,(H,13,15). The van der Waals surface area contributed by atoms with Crippen LogP contribution in [0.5, 0.6) is 0 Å². The van der Waals surface area contributed by atoms with Crippen LogP contribution in [-0.2, 0) is 4.79 Å². The molecular weight excluding hydrogens is 190 g/mol. The number of hydrogen-bond acceptors (Lipinski definition) is 3. The number of piperazine rings is 1. The molecule has 4 heteroatoms. The first-order chi connectivity index (χ1) is 7.22. The molecule has 0 bridgehead atoms. The number of nitrogens with zero attached hydrogens (tertiary/aromatic N) is 1. The summed E-state index contributed by atoms with van der Waals surface area (Å²) in [6, 6.07) is 0.0745. The molecule has 15 heavy (non-hydrogen) atoms. The molecule has 1 atom stereocenters. The van der Waals surface area contributed by atoms with Crippen molar-refractivity contribution < 1.29 is 4.79 Å². The Morgan fingerprint density at radius 3 is 2.87 bits per heavy atom. The maximum Gasteiger partial charge on any atom is 0.234 e. The highest BCUT2D eigenvalue weighted by atomic mass is 16.2. The van der Waals surface area contributed by atoms with Crippen molar-refractivity contribution in [1.82, 2.24) is 15.5 Å². The van der Waals surface area contributed by atoms with Crippen molar-refractivity contribution in [2.75, 3.05) is 32.7 Å². The summed E-state index contributed by atoms with van der Waals surface area (Å²) in [5, 5.41) is 6.13. The van der Waals surface area contributed by atoms with Crippen molar-refractivity contribution in [2.45, 2.75) is 19.4 Å². The molecular formula is C11H19N3O. The summed E-state index contributed by atoms with van der Waals surface area (Å²) in [5.74, 6) is 2.61. The third-order valence-electron chi connectivity index (χ3n) is 2.41. The molecule has 84 valence electrons. The van der Waals surface area contributed by atoms with Crippen molar-refractivity contribution in [3.05, 3.63) is 0 Å². The zero-order chi connectivity index (χ0) is 11.1. The number of carbonyl (C=O) groups is 1. The summed E-state index contributed by atoms with van der Waals surface area (Å²) in [4.78, 5) is 13.7. The molecule has 1 rings (SSSR count). The van der Waals surface area contributed by atoms with E-state index in [9.17, 15) is 4.79 Å². The van der Waals surface area contributed by atoms with Gasteiger partial charge in [0.05, 0.1) is 6.54 Å². The normalized spacial score (nSPS) is 19.2. The van der Waals surface area contributed by atoms with Crippen LogP contribution in [0.2, 0.25) is 0 Å². The Kier molecular flexibility index (Phi) is 5.16. The first kappa shape index (κ1) is 12.0. The molecule has 1 unspecified atom stereocenters. The van der Waals surface area contributed by atoms with Crippen LogP contribution in [0.4, 0.5) is 0 Å². The third kappa shape index (κ3) is 4.82. The lowest BCUT2D eigenvalue weighted by atomic mass is 10.2. The van der Waals surface area contributed by atoms with Crippen molar-refractivity contribution in [1.29, 1.82) is 0 Å². The maximum atomic E-state index is 11.6. The van der Waals surface area contributed by atoms with E-state index >= 15 is 0 Å². The molecule has 4 nitrogen and oxygen atoms in total. The fourth-order valence-electron chi connectivity index (χ4n) is 1.62. The van der Waals surface area contributed by atoms with Gasteiger partial charge in [-0.15, -0.1) is 12.3 Å². The predicted molar refractivity (Wildman–Crippen MR) is 60.4 cm³/mol. The minimum atomic E-state index is 0.0691. The van der Waals surface area contributed by atoms with Crippen LogP contribution in [0.15, 0.2) is 0 Å². The zero-order valence-electron chi connectivity index (χ0n) is 9.25. The van der Waals surface area contributed by atoms with Crippen molar-refractivity contribution in [2.24, 2.45) is 0 Å². The Hall–Kier alpha value is -1.05. The van der Waals surface area contributed by atoms with Crippen LogP contribution in [-0.4, -0.2) is 49.6 Å². The van der Waals surface area contributed by atoms with E-state index < -0.39 is 0 Å². The fraction of sp³-hybridized carbons (Fsp3) is 0.727. The highest BCUT2D eigenvalue weighted by molar-refractivity contribution is 5.78. The number of hydrogen-bond donors (Lipinski definition) is 2. The van der Waals surface area contributed by atoms with Gasteiger partial charge in [0.15, 0.2) is 0 Å². The number of carbonyl (C=O) groups excluding carboxylic acids is 1. The second-order valence-corrected chi connectivity index (χ2v) is 3.90. The number of rotatable bonds is 4. The number of amides is 1. The SMILES string of the molecule is C#CCC(C)NC(=O)CN1CCNCC1. The lowest BCUT2D eigenvalue weighted by Gasteiger charge is -2.26. The monoisotopic (exact) mass is 209 g/mol. The van der Waals surface area contributed by atoms with Crippen LogP contribution in [0, 0.1) is 12.3 Å². The first-order valence-corrected chi connectivity index (χ1v) is 5.38. The average Bonchev–Trinajstić information content (AvgIpc) is 2.19. The van der Waals surface area contributed by atoms with Crippen LogP contribution >= 0.6 is 0 Å². The summed E-state index contributed by atoms with van der Waals surface area (Å²) in [5.41, 5.74) is 0. The van der Waals surface area contributed by atoms with Crippen molar-refractivity contribution in [3.63, 3.8) is 0 Å². The van der Waals surface area contributed by atoms with E-state index in [1.165, 1.54) is 0 Å². The second kappa shape index (κ2) is 6.44. The van der Waals surface area contributed by atoms with Gasteiger partial charge in [-0.2, -0.15) is 0 Å². The van der Waals surface area contributed by atoms with Gasteiger partial charge in [-0.3, -0.25) is 9.69 Å². The molecule has 1 amide bonds. The van der Waals surface area contributed by atoms with Gasteiger partial charge in [0.2, 0.25) is 5.91 Å². The first-order valence-electron chi connectivity index (χ1n) is 5.38. The van der Waals surface area contributed by atoms with Crippen LogP contribution < -0.4 is 10.6 Å². The van der Waals surface area contributed by atoms with Gasteiger partial charge in [-0.05, 0) is 6.92 Å². The Morgan fingerprint density at radius 2 is 2.27 bits per heavy atom. The van der Waals surface area contributed by atoms with Crippen molar-refractivity contribution >= 4 is 5.91 Å². The molecule has 1 heterocycles. The molecule has 0 spiro atoms. The molecule has 0 radical (unpaired) electrons. The minimum absolute atomic E-state index is 0.0691. The quantitative estimate of drug-likeness (QED) is 0.609. The predicted octanol–water partition coefficient (Wildman–Crippen LogP) is -0.580. The summed E-state index contributed by atoms with van der Waals surface area (Å²) < 4.78 is 0. The van der Waals surface area contributed by atoms with Crippen LogP contribution in [0.1, 0.15) is 13.3 Å². The van der Waals surface area contributed by atoms with E-state index in [0.717, 1.165) is 26.2 Å². The maximum absolute atomic E-state index is 11.6. The Labute approximate surface area is 91.4 Å². The van der Waals surface area contributed by atoms with Gasteiger partial charge in [-0.1, -0.05) is 0 Å². The highest BCUT2D eigenvalue weighted by Crippen LogP contribution is 1.93. The lowest BCUT2D eigenvalue weighted by molar-refractivity contribution is -0.122. The molecule has 1 aliphatic rings. The van der Waals surface area contributed by atoms with E-state index in [2.05, 4.69) is 21.5 Å². The molecule has 1 aliphatic heterocycles. The molecule has 0 aromatic heterocycles. The lowest BCUT2D eigenvalue weighted by Crippen LogP contribution is -2.48. The summed E-state index contributed by atoms with van der Waals surface area (Å²) in [6.07, 6.45) is 5.76. The van der Waals surface area contributed by atoms with E-state index in [1.54, 1.807) is 0 Å². The summed E-state index contributed by atoms with van der Waals surface area (Å²) >= 11 is 0.